The zero-order valence-corrected chi connectivity index (χ0v) is 12.2. The predicted octanol–water partition coefficient (Wildman–Crippen LogP) is 6.02. The Kier molecular flexibility index (Phi) is 2.64. The molecule has 0 unspecified atom stereocenters. The van der Waals surface area contributed by atoms with E-state index in [1.54, 1.807) is 0 Å². The van der Waals surface area contributed by atoms with Gasteiger partial charge in [0.2, 0.25) is 0 Å². The van der Waals surface area contributed by atoms with E-state index in [0.29, 0.717) is 0 Å². The molecule has 20 heavy (non-hydrogen) atoms. The molecule has 0 aliphatic rings. The minimum atomic E-state index is 0.923. The van der Waals surface area contributed by atoms with Crippen LogP contribution < -0.4 is 0 Å². The summed E-state index contributed by atoms with van der Waals surface area (Å²) in [5.41, 5.74) is 4.27. The molecular formula is C18H11BrO. The Morgan fingerprint density at radius 3 is 2.45 bits per heavy atom. The lowest BCUT2D eigenvalue weighted by Gasteiger charge is -2.03. The average Bonchev–Trinajstić information content (AvgIpc) is 2.86. The number of furan rings is 1. The highest BCUT2D eigenvalue weighted by Gasteiger charge is 2.12. The van der Waals surface area contributed by atoms with Gasteiger partial charge in [-0.1, -0.05) is 58.4 Å². The van der Waals surface area contributed by atoms with Gasteiger partial charge >= 0.3 is 0 Å². The molecule has 0 spiro atoms. The highest BCUT2D eigenvalue weighted by molar-refractivity contribution is 9.10. The predicted molar refractivity (Wildman–Crippen MR) is 86.9 cm³/mol. The van der Waals surface area contributed by atoms with Crippen molar-refractivity contribution in [3.05, 3.63) is 71.2 Å². The third kappa shape index (κ3) is 1.76. The van der Waals surface area contributed by atoms with Crippen molar-refractivity contribution < 1.29 is 4.42 Å². The molecule has 1 aromatic heterocycles. The summed E-state index contributed by atoms with van der Waals surface area (Å²) in [7, 11) is 0. The summed E-state index contributed by atoms with van der Waals surface area (Å²) in [6.07, 6.45) is 0. The van der Waals surface area contributed by atoms with Crippen molar-refractivity contribution in [2.24, 2.45) is 0 Å². The molecule has 0 amide bonds. The Balaban J connectivity index is 2.16. The molecule has 2 heteroatoms. The maximum absolute atomic E-state index is 5.95. The van der Waals surface area contributed by atoms with E-state index in [2.05, 4.69) is 52.3 Å². The zero-order chi connectivity index (χ0) is 13.5. The minimum absolute atomic E-state index is 0.923. The monoisotopic (exact) mass is 322 g/mol. The lowest BCUT2D eigenvalue weighted by molar-refractivity contribution is 0.669. The van der Waals surface area contributed by atoms with E-state index in [-0.39, 0.29) is 0 Å². The third-order valence-corrected chi connectivity index (χ3v) is 4.04. The molecule has 0 atom stereocenters. The fraction of sp³-hybridized carbons (Fsp3) is 0. The standard InChI is InChI=1S/C18H11BrO/c19-13-9-10-16-15(11-13)18-14(7-4-8-17(18)20-16)12-5-2-1-3-6-12/h1-11H. The highest BCUT2D eigenvalue weighted by Crippen LogP contribution is 2.37. The van der Waals surface area contributed by atoms with Crippen molar-refractivity contribution in [3.8, 4) is 11.1 Å². The Labute approximate surface area is 125 Å². The van der Waals surface area contributed by atoms with Crippen LogP contribution in [0.4, 0.5) is 0 Å². The van der Waals surface area contributed by atoms with Crippen LogP contribution in [0.3, 0.4) is 0 Å². The van der Waals surface area contributed by atoms with E-state index in [1.165, 1.54) is 16.5 Å². The highest BCUT2D eigenvalue weighted by atomic mass is 79.9. The van der Waals surface area contributed by atoms with E-state index in [0.717, 1.165) is 21.0 Å². The van der Waals surface area contributed by atoms with Gasteiger partial charge in [0, 0.05) is 15.2 Å². The van der Waals surface area contributed by atoms with Crippen LogP contribution in [0.1, 0.15) is 0 Å². The van der Waals surface area contributed by atoms with Crippen molar-refractivity contribution in [2.45, 2.75) is 0 Å². The first kappa shape index (κ1) is 11.7. The van der Waals surface area contributed by atoms with Crippen LogP contribution in [0.5, 0.6) is 0 Å². The SMILES string of the molecule is Brc1ccc2oc3cccc(-c4ccccc4)c3c2c1. The quantitative estimate of drug-likeness (QED) is 0.418. The Hall–Kier alpha value is -2.06. The Morgan fingerprint density at radius 2 is 1.60 bits per heavy atom. The van der Waals surface area contributed by atoms with Gasteiger partial charge < -0.3 is 4.42 Å². The number of fused-ring (bicyclic) bond motifs is 3. The molecule has 4 rings (SSSR count). The van der Waals surface area contributed by atoms with E-state index in [9.17, 15) is 0 Å². The molecule has 96 valence electrons. The van der Waals surface area contributed by atoms with Gasteiger partial charge in [0.25, 0.3) is 0 Å². The summed E-state index contributed by atoms with van der Waals surface area (Å²) in [6.45, 7) is 0. The second-order valence-electron chi connectivity index (χ2n) is 4.79. The maximum atomic E-state index is 5.95. The first-order valence-corrected chi connectivity index (χ1v) is 7.28. The van der Waals surface area contributed by atoms with E-state index in [1.807, 2.05) is 30.3 Å². The van der Waals surface area contributed by atoms with Crippen LogP contribution in [0.2, 0.25) is 0 Å². The van der Waals surface area contributed by atoms with Gasteiger partial charge in [-0.2, -0.15) is 0 Å². The third-order valence-electron chi connectivity index (χ3n) is 3.54. The van der Waals surface area contributed by atoms with E-state index < -0.39 is 0 Å². The zero-order valence-electron chi connectivity index (χ0n) is 10.6. The summed E-state index contributed by atoms with van der Waals surface area (Å²) in [5, 5.41) is 2.32. The molecular weight excluding hydrogens is 312 g/mol. The average molecular weight is 323 g/mol. The van der Waals surface area contributed by atoms with Gasteiger partial charge in [-0.25, -0.2) is 0 Å². The Morgan fingerprint density at radius 1 is 0.750 bits per heavy atom. The first-order chi connectivity index (χ1) is 9.83. The van der Waals surface area contributed by atoms with Crippen LogP contribution in [0.15, 0.2) is 75.6 Å². The second-order valence-corrected chi connectivity index (χ2v) is 5.70. The molecule has 0 saturated carbocycles. The van der Waals surface area contributed by atoms with Crippen LogP contribution >= 0.6 is 15.9 Å². The smallest absolute Gasteiger partial charge is 0.136 e. The molecule has 0 N–H and O–H groups in total. The molecule has 3 aromatic carbocycles. The molecule has 1 heterocycles. The topological polar surface area (TPSA) is 13.1 Å². The molecule has 0 aliphatic carbocycles. The number of rotatable bonds is 1. The van der Waals surface area contributed by atoms with Crippen LogP contribution in [-0.4, -0.2) is 0 Å². The van der Waals surface area contributed by atoms with E-state index in [4.69, 9.17) is 4.42 Å². The lowest BCUT2D eigenvalue weighted by Crippen LogP contribution is -1.78. The van der Waals surface area contributed by atoms with Gasteiger partial charge in [0.15, 0.2) is 0 Å². The number of hydrogen-bond donors (Lipinski definition) is 0. The molecule has 0 fully saturated rings. The molecule has 1 nitrogen and oxygen atoms in total. The van der Waals surface area contributed by atoms with Crippen molar-refractivity contribution in [1.29, 1.82) is 0 Å². The first-order valence-electron chi connectivity index (χ1n) is 6.49. The van der Waals surface area contributed by atoms with Crippen molar-refractivity contribution in [2.75, 3.05) is 0 Å². The Bertz CT molecular complexity index is 907. The molecule has 0 aliphatic heterocycles. The molecule has 0 saturated heterocycles. The maximum Gasteiger partial charge on any atom is 0.136 e. The summed E-state index contributed by atoms with van der Waals surface area (Å²) < 4.78 is 7.01. The summed E-state index contributed by atoms with van der Waals surface area (Å²) in [5.74, 6) is 0. The van der Waals surface area contributed by atoms with Gasteiger partial charge in [-0.05, 0) is 35.4 Å². The van der Waals surface area contributed by atoms with Crippen molar-refractivity contribution >= 4 is 37.9 Å². The molecule has 4 aromatic rings. The molecule has 0 radical (unpaired) electrons. The number of halogens is 1. The summed E-state index contributed by atoms with van der Waals surface area (Å²) in [4.78, 5) is 0. The van der Waals surface area contributed by atoms with Crippen LogP contribution in [0, 0.1) is 0 Å². The second kappa shape index (κ2) is 4.50. The van der Waals surface area contributed by atoms with E-state index >= 15 is 0 Å². The van der Waals surface area contributed by atoms with Gasteiger partial charge in [0.05, 0.1) is 0 Å². The van der Waals surface area contributed by atoms with Crippen molar-refractivity contribution in [1.82, 2.24) is 0 Å². The largest absolute Gasteiger partial charge is 0.456 e. The van der Waals surface area contributed by atoms with Crippen LogP contribution in [0.25, 0.3) is 33.1 Å². The van der Waals surface area contributed by atoms with Gasteiger partial charge in [-0.3, -0.25) is 0 Å². The number of hydrogen-bond acceptors (Lipinski definition) is 1. The lowest BCUT2D eigenvalue weighted by atomic mass is 10.00. The van der Waals surface area contributed by atoms with Gasteiger partial charge in [-0.15, -0.1) is 0 Å². The van der Waals surface area contributed by atoms with Crippen molar-refractivity contribution in [3.63, 3.8) is 0 Å². The fourth-order valence-electron chi connectivity index (χ4n) is 2.66. The minimum Gasteiger partial charge on any atom is -0.456 e. The fourth-order valence-corrected chi connectivity index (χ4v) is 3.02. The number of benzene rings is 3. The molecule has 0 bridgehead atoms. The summed E-state index contributed by atoms with van der Waals surface area (Å²) >= 11 is 3.54. The van der Waals surface area contributed by atoms with Crippen LogP contribution in [-0.2, 0) is 0 Å². The summed E-state index contributed by atoms with van der Waals surface area (Å²) in [6, 6.07) is 22.8. The van der Waals surface area contributed by atoms with Gasteiger partial charge in [0.1, 0.15) is 11.2 Å². The normalized spacial score (nSPS) is 11.2.